The molecule has 2 rings (SSSR count). The van der Waals surface area contributed by atoms with E-state index in [1.807, 2.05) is 12.1 Å². The molecule has 5 heteroatoms. The van der Waals surface area contributed by atoms with Gasteiger partial charge in [-0.2, -0.15) is 0 Å². The maximum absolute atomic E-state index is 12.1. The van der Waals surface area contributed by atoms with Crippen LogP contribution in [0.25, 0.3) is 0 Å². The largest absolute Gasteiger partial charge is 0.497 e. The molecule has 5 nitrogen and oxygen atoms in total. The van der Waals surface area contributed by atoms with E-state index in [1.165, 1.54) is 0 Å². The molecule has 0 unspecified atom stereocenters. The topological polar surface area (TPSA) is 50.8 Å². The van der Waals surface area contributed by atoms with Gasteiger partial charge in [-0.1, -0.05) is 0 Å². The van der Waals surface area contributed by atoms with Crippen LogP contribution in [-0.4, -0.2) is 57.8 Å². The summed E-state index contributed by atoms with van der Waals surface area (Å²) < 4.78 is 10.2. The third-order valence-electron chi connectivity index (χ3n) is 4.22. The third kappa shape index (κ3) is 5.00. The predicted octanol–water partition coefficient (Wildman–Crippen LogP) is 1.78. The van der Waals surface area contributed by atoms with Crippen LogP contribution in [0.1, 0.15) is 23.2 Å². The van der Waals surface area contributed by atoms with Crippen molar-refractivity contribution in [1.82, 2.24) is 10.2 Å². The fourth-order valence-corrected chi connectivity index (χ4v) is 2.72. The molecule has 0 bridgehead atoms. The number of carbonyl (C=O) groups is 1. The first-order valence-electron chi connectivity index (χ1n) is 7.86. The molecule has 0 saturated carbocycles. The Bertz CT molecular complexity index is 453. The van der Waals surface area contributed by atoms with E-state index in [4.69, 9.17) is 9.47 Å². The van der Waals surface area contributed by atoms with E-state index >= 15 is 0 Å². The molecule has 1 heterocycles. The van der Waals surface area contributed by atoms with Gasteiger partial charge in [-0.05, 0) is 56.1 Å². The maximum Gasteiger partial charge on any atom is 0.251 e. The predicted molar refractivity (Wildman–Crippen MR) is 86.4 cm³/mol. The monoisotopic (exact) mass is 306 g/mol. The number of rotatable bonds is 7. The smallest absolute Gasteiger partial charge is 0.251 e. The number of likely N-dealkylation sites (tertiary alicyclic amines) is 1. The molecule has 0 radical (unpaired) electrons. The van der Waals surface area contributed by atoms with E-state index in [9.17, 15) is 4.79 Å². The van der Waals surface area contributed by atoms with Crippen molar-refractivity contribution in [3.63, 3.8) is 0 Å². The van der Waals surface area contributed by atoms with Gasteiger partial charge in [0.2, 0.25) is 0 Å². The van der Waals surface area contributed by atoms with Gasteiger partial charge in [-0.3, -0.25) is 4.79 Å². The van der Waals surface area contributed by atoms with Crippen molar-refractivity contribution < 1.29 is 14.3 Å². The molecule has 1 aromatic rings. The Morgan fingerprint density at radius 1 is 1.23 bits per heavy atom. The van der Waals surface area contributed by atoms with Gasteiger partial charge in [-0.25, -0.2) is 0 Å². The molecule has 122 valence electrons. The summed E-state index contributed by atoms with van der Waals surface area (Å²) in [6.45, 7) is 4.72. The molecule has 1 amide bonds. The van der Waals surface area contributed by atoms with Crippen LogP contribution in [-0.2, 0) is 4.74 Å². The van der Waals surface area contributed by atoms with Gasteiger partial charge in [0, 0.05) is 25.8 Å². The van der Waals surface area contributed by atoms with Crippen LogP contribution in [0.5, 0.6) is 5.75 Å². The lowest BCUT2D eigenvalue weighted by molar-refractivity contribution is 0.0926. The van der Waals surface area contributed by atoms with E-state index in [0.717, 1.165) is 51.4 Å². The number of nitrogens with one attached hydrogen (secondary N) is 1. The summed E-state index contributed by atoms with van der Waals surface area (Å²) in [7, 11) is 3.36. The minimum Gasteiger partial charge on any atom is -0.497 e. The Labute approximate surface area is 132 Å². The van der Waals surface area contributed by atoms with Crippen molar-refractivity contribution in [3.8, 4) is 5.75 Å². The van der Waals surface area contributed by atoms with Crippen LogP contribution >= 0.6 is 0 Å². The second kappa shape index (κ2) is 8.76. The third-order valence-corrected chi connectivity index (χ3v) is 4.22. The number of piperidine rings is 1. The zero-order valence-electron chi connectivity index (χ0n) is 13.5. The van der Waals surface area contributed by atoms with Crippen LogP contribution in [0.15, 0.2) is 24.3 Å². The standard InChI is InChI=1S/C17H26N2O3/c1-21-12-11-19-9-7-14(8-10-19)13-18-17(20)15-3-5-16(22-2)6-4-15/h3-6,14H,7-13H2,1-2H3,(H,18,20). The van der Waals surface area contributed by atoms with Crippen molar-refractivity contribution in [2.24, 2.45) is 5.92 Å². The van der Waals surface area contributed by atoms with E-state index in [2.05, 4.69) is 10.2 Å². The summed E-state index contributed by atoms with van der Waals surface area (Å²) in [5, 5.41) is 3.04. The van der Waals surface area contributed by atoms with E-state index in [-0.39, 0.29) is 5.91 Å². The van der Waals surface area contributed by atoms with Gasteiger partial charge in [0.1, 0.15) is 5.75 Å². The first-order chi connectivity index (χ1) is 10.7. The van der Waals surface area contributed by atoms with Crippen LogP contribution in [0.3, 0.4) is 0 Å². The second-order valence-corrected chi connectivity index (χ2v) is 5.72. The van der Waals surface area contributed by atoms with Crippen LogP contribution in [0.2, 0.25) is 0 Å². The average Bonchev–Trinajstić information content (AvgIpc) is 2.58. The number of carbonyl (C=O) groups excluding carboxylic acids is 1. The van der Waals surface area contributed by atoms with E-state index in [0.29, 0.717) is 11.5 Å². The molecule has 1 aliphatic rings. The Hall–Kier alpha value is -1.59. The number of nitrogens with zero attached hydrogens (tertiary/aromatic N) is 1. The van der Waals surface area contributed by atoms with Gasteiger partial charge >= 0.3 is 0 Å². The molecule has 1 aromatic carbocycles. The molecule has 0 aliphatic carbocycles. The number of hydrogen-bond acceptors (Lipinski definition) is 4. The molecule has 1 fully saturated rings. The van der Waals surface area contributed by atoms with Crippen LogP contribution in [0, 0.1) is 5.92 Å². The minimum absolute atomic E-state index is 0.00975. The van der Waals surface area contributed by atoms with E-state index < -0.39 is 0 Å². The van der Waals surface area contributed by atoms with Crippen molar-refractivity contribution in [3.05, 3.63) is 29.8 Å². The van der Waals surface area contributed by atoms with Gasteiger partial charge < -0.3 is 19.7 Å². The molecule has 1 aliphatic heterocycles. The van der Waals surface area contributed by atoms with Gasteiger partial charge in [-0.15, -0.1) is 0 Å². The Morgan fingerprint density at radius 3 is 2.50 bits per heavy atom. The highest BCUT2D eigenvalue weighted by Crippen LogP contribution is 2.16. The van der Waals surface area contributed by atoms with Gasteiger partial charge in [0.05, 0.1) is 13.7 Å². The Balaban J connectivity index is 1.70. The lowest BCUT2D eigenvalue weighted by atomic mass is 9.96. The summed E-state index contributed by atoms with van der Waals surface area (Å²) in [5.74, 6) is 1.32. The second-order valence-electron chi connectivity index (χ2n) is 5.72. The average molecular weight is 306 g/mol. The Morgan fingerprint density at radius 2 is 1.91 bits per heavy atom. The summed E-state index contributed by atoms with van der Waals surface area (Å²) in [6, 6.07) is 7.20. The number of hydrogen-bond donors (Lipinski definition) is 1. The SMILES string of the molecule is COCCN1CCC(CNC(=O)c2ccc(OC)cc2)CC1. The van der Waals surface area contributed by atoms with Crippen molar-refractivity contribution in [1.29, 1.82) is 0 Å². The molecule has 0 atom stereocenters. The molecule has 1 saturated heterocycles. The van der Waals surface area contributed by atoms with Crippen molar-refractivity contribution in [2.45, 2.75) is 12.8 Å². The maximum atomic E-state index is 12.1. The fraction of sp³-hybridized carbons (Fsp3) is 0.588. The van der Waals surface area contributed by atoms with Gasteiger partial charge in [0.15, 0.2) is 0 Å². The summed E-state index contributed by atoms with van der Waals surface area (Å²) in [4.78, 5) is 14.5. The Kier molecular flexibility index (Phi) is 6.68. The van der Waals surface area contributed by atoms with Crippen molar-refractivity contribution >= 4 is 5.91 Å². The normalized spacial score (nSPS) is 16.5. The summed E-state index contributed by atoms with van der Waals surface area (Å²) in [6.07, 6.45) is 2.26. The number of methoxy groups -OCH3 is 2. The van der Waals surface area contributed by atoms with Crippen LogP contribution in [0.4, 0.5) is 0 Å². The lowest BCUT2D eigenvalue weighted by Crippen LogP contribution is -2.39. The molecular formula is C17H26N2O3. The number of benzene rings is 1. The highest BCUT2D eigenvalue weighted by atomic mass is 16.5. The fourth-order valence-electron chi connectivity index (χ4n) is 2.72. The zero-order valence-corrected chi connectivity index (χ0v) is 13.5. The molecule has 0 aromatic heterocycles. The van der Waals surface area contributed by atoms with Gasteiger partial charge in [0.25, 0.3) is 5.91 Å². The number of ether oxygens (including phenoxy) is 2. The van der Waals surface area contributed by atoms with Crippen LogP contribution < -0.4 is 10.1 Å². The minimum atomic E-state index is -0.00975. The highest BCUT2D eigenvalue weighted by Gasteiger charge is 2.19. The number of amides is 1. The first kappa shape index (κ1) is 16.8. The summed E-state index contributed by atoms with van der Waals surface area (Å²) >= 11 is 0. The summed E-state index contributed by atoms with van der Waals surface area (Å²) in [5.41, 5.74) is 0.679. The van der Waals surface area contributed by atoms with Crippen molar-refractivity contribution in [2.75, 3.05) is 47.0 Å². The quantitative estimate of drug-likeness (QED) is 0.834. The van der Waals surface area contributed by atoms with E-state index in [1.54, 1.807) is 26.4 Å². The highest BCUT2D eigenvalue weighted by molar-refractivity contribution is 5.94. The first-order valence-corrected chi connectivity index (χ1v) is 7.86. The molecule has 0 spiro atoms. The zero-order chi connectivity index (χ0) is 15.8. The molecular weight excluding hydrogens is 280 g/mol. The lowest BCUT2D eigenvalue weighted by Gasteiger charge is -2.31. The molecule has 1 N–H and O–H groups in total. The molecule has 22 heavy (non-hydrogen) atoms.